The molecule has 0 aromatic carbocycles. The average Bonchev–Trinajstić information content (AvgIpc) is 2.47. The molecule has 1 aliphatic carbocycles. The normalized spacial score (nSPS) is 40.4. The molecule has 3 nitrogen and oxygen atoms in total. The molecule has 1 heterocycles. The largest absolute Gasteiger partial charge is 0.297 e. The molecule has 3 heteroatoms. The highest BCUT2D eigenvalue weighted by Crippen LogP contribution is 2.23. The van der Waals surface area contributed by atoms with Crippen LogP contribution in [-0.2, 0) is 0 Å². The minimum Gasteiger partial charge on any atom is -0.297 e. The molecule has 12 heavy (non-hydrogen) atoms. The van der Waals surface area contributed by atoms with Crippen molar-refractivity contribution < 1.29 is 0 Å². The quantitative estimate of drug-likeness (QED) is 0.602. The number of nitrogens with one attached hydrogen (secondary N) is 2. The number of fused-ring (bicyclic) bond motifs is 1. The van der Waals surface area contributed by atoms with E-state index in [2.05, 4.69) is 16.7 Å². The molecule has 1 saturated carbocycles. The van der Waals surface area contributed by atoms with Gasteiger partial charge in [-0.1, -0.05) is 12.8 Å². The second kappa shape index (κ2) is 3.42. The minimum absolute atomic E-state index is 0.253. The molecule has 1 unspecified atom stereocenters. The lowest BCUT2D eigenvalue weighted by Gasteiger charge is -2.23. The zero-order valence-corrected chi connectivity index (χ0v) is 7.21. The fraction of sp³-hybridized carbons (Fsp3) is 0.889. The first-order valence-corrected chi connectivity index (χ1v) is 4.79. The first-order chi connectivity index (χ1) is 5.90. The Morgan fingerprint density at radius 3 is 2.25 bits per heavy atom. The highest BCUT2D eigenvalue weighted by molar-refractivity contribution is 4.97. The molecule has 1 saturated heterocycles. The lowest BCUT2D eigenvalue weighted by molar-refractivity contribution is 0.374. The molecular formula is C9H15N3. The maximum atomic E-state index is 8.53. The van der Waals surface area contributed by atoms with Gasteiger partial charge in [0.05, 0.1) is 18.7 Å². The highest BCUT2D eigenvalue weighted by atomic mass is 15.2. The van der Waals surface area contributed by atoms with Gasteiger partial charge in [-0.3, -0.25) is 10.6 Å². The van der Waals surface area contributed by atoms with Crippen molar-refractivity contribution in [3.8, 4) is 6.07 Å². The van der Waals surface area contributed by atoms with Gasteiger partial charge in [-0.25, -0.2) is 0 Å². The van der Waals surface area contributed by atoms with Crippen molar-refractivity contribution in [2.45, 2.75) is 50.4 Å². The molecule has 2 rings (SSSR count). The Bertz CT molecular complexity index is 182. The zero-order chi connectivity index (χ0) is 8.39. The van der Waals surface area contributed by atoms with Crippen molar-refractivity contribution in [2.24, 2.45) is 0 Å². The molecule has 0 aromatic heterocycles. The molecule has 1 aliphatic heterocycles. The van der Waals surface area contributed by atoms with Crippen molar-refractivity contribution in [3.63, 3.8) is 0 Å². The summed E-state index contributed by atoms with van der Waals surface area (Å²) >= 11 is 0. The third-order valence-corrected chi connectivity index (χ3v) is 2.89. The van der Waals surface area contributed by atoms with E-state index in [1.54, 1.807) is 0 Å². The third-order valence-electron chi connectivity index (χ3n) is 2.89. The molecule has 2 aliphatic rings. The van der Waals surface area contributed by atoms with Crippen LogP contribution in [0.1, 0.15) is 32.1 Å². The van der Waals surface area contributed by atoms with Gasteiger partial charge in [-0.2, -0.15) is 5.26 Å². The van der Waals surface area contributed by atoms with Crippen LogP contribution in [0.25, 0.3) is 0 Å². The monoisotopic (exact) mass is 165 g/mol. The van der Waals surface area contributed by atoms with Gasteiger partial charge in [-0.05, 0) is 12.8 Å². The summed E-state index contributed by atoms with van der Waals surface area (Å²) in [5, 5.41) is 15.5. The lowest BCUT2D eigenvalue weighted by atomic mass is 9.92. The third kappa shape index (κ3) is 1.45. The second-order valence-corrected chi connectivity index (χ2v) is 3.75. The van der Waals surface area contributed by atoms with E-state index in [1.807, 2.05) is 0 Å². The predicted octanol–water partition coefficient (Wildman–Crippen LogP) is 0.730. The summed E-state index contributed by atoms with van der Waals surface area (Å²) in [6, 6.07) is 3.47. The van der Waals surface area contributed by atoms with Crippen molar-refractivity contribution in [3.05, 3.63) is 0 Å². The molecule has 2 N–H and O–H groups in total. The van der Waals surface area contributed by atoms with E-state index in [0.717, 1.165) is 0 Å². The van der Waals surface area contributed by atoms with Crippen molar-refractivity contribution in [1.29, 1.82) is 5.26 Å². The van der Waals surface area contributed by atoms with Crippen LogP contribution < -0.4 is 10.6 Å². The number of rotatable bonds is 1. The van der Waals surface area contributed by atoms with Crippen LogP contribution in [0, 0.1) is 11.3 Å². The number of hydrogen-bond donors (Lipinski definition) is 2. The molecule has 0 radical (unpaired) electrons. The van der Waals surface area contributed by atoms with E-state index in [9.17, 15) is 0 Å². The van der Waals surface area contributed by atoms with Crippen molar-refractivity contribution in [1.82, 2.24) is 10.6 Å². The maximum absolute atomic E-state index is 8.53. The van der Waals surface area contributed by atoms with E-state index in [1.165, 1.54) is 25.7 Å². The molecule has 0 amide bonds. The molecule has 3 atom stereocenters. The van der Waals surface area contributed by atoms with Crippen molar-refractivity contribution >= 4 is 0 Å². The van der Waals surface area contributed by atoms with Crippen LogP contribution >= 0.6 is 0 Å². The predicted molar refractivity (Wildman–Crippen MR) is 46.3 cm³/mol. The summed E-state index contributed by atoms with van der Waals surface area (Å²) < 4.78 is 0. The van der Waals surface area contributed by atoms with Gasteiger partial charge in [0.1, 0.15) is 0 Å². The van der Waals surface area contributed by atoms with Crippen molar-refractivity contribution in [2.75, 3.05) is 0 Å². The Morgan fingerprint density at radius 1 is 1.17 bits per heavy atom. The van der Waals surface area contributed by atoms with Gasteiger partial charge in [0.2, 0.25) is 0 Å². The Morgan fingerprint density at radius 2 is 1.75 bits per heavy atom. The van der Waals surface area contributed by atoms with Crippen LogP contribution in [0.15, 0.2) is 0 Å². The Hall–Kier alpha value is -0.590. The molecule has 0 spiro atoms. The molecule has 66 valence electrons. The fourth-order valence-electron chi connectivity index (χ4n) is 2.30. The molecule has 2 fully saturated rings. The Labute approximate surface area is 73.1 Å². The zero-order valence-electron chi connectivity index (χ0n) is 7.21. The number of hydrogen-bond acceptors (Lipinski definition) is 3. The summed E-state index contributed by atoms with van der Waals surface area (Å²) in [5.74, 6) is 0. The van der Waals surface area contributed by atoms with Crippen LogP contribution in [0.3, 0.4) is 0 Å². The summed E-state index contributed by atoms with van der Waals surface area (Å²) in [4.78, 5) is 0. The molecule has 0 aromatic rings. The van der Waals surface area contributed by atoms with E-state index in [0.29, 0.717) is 18.5 Å². The topological polar surface area (TPSA) is 47.9 Å². The molecule has 0 bridgehead atoms. The standard InChI is InChI=1S/C9H15N3/c10-6-5-9-11-7-3-1-2-4-8(7)12-9/h7-9,11-12H,1-5H2/t7-,8+,9?. The summed E-state index contributed by atoms with van der Waals surface area (Å²) in [5.41, 5.74) is 0. The highest BCUT2D eigenvalue weighted by Gasteiger charge is 2.33. The Kier molecular flexibility index (Phi) is 2.29. The average molecular weight is 165 g/mol. The van der Waals surface area contributed by atoms with E-state index >= 15 is 0 Å². The van der Waals surface area contributed by atoms with Crippen LogP contribution in [0.5, 0.6) is 0 Å². The maximum Gasteiger partial charge on any atom is 0.0710 e. The van der Waals surface area contributed by atoms with Gasteiger partial charge >= 0.3 is 0 Å². The van der Waals surface area contributed by atoms with Crippen LogP contribution in [-0.4, -0.2) is 18.2 Å². The minimum atomic E-state index is 0.253. The first-order valence-electron chi connectivity index (χ1n) is 4.79. The molecular weight excluding hydrogens is 150 g/mol. The SMILES string of the molecule is N#CCC1N[C@H]2CCCC[C@H]2N1. The van der Waals surface area contributed by atoms with E-state index in [4.69, 9.17) is 5.26 Å². The van der Waals surface area contributed by atoms with Gasteiger partial charge in [0.25, 0.3) is 0 Å². The van der Waals surface area contributed by atoms with Gasteiger partial charge < -0.3 is 0 Å². The smallest absolute Gasteiger partial charge is 0.0710 e. The van der Waals surface area contributed by atoms with Crippen LogP contribution in [0.2, 0.25) is 0 Å². The number of nitrogens with zero attached hydrogens (tertiary/aromatic N) is 1. The van der Waals surface area contributed by atoms with Crippen LogP contribution in [0.4, 0.5) is 0 Å². The fourth-order valence-corrected chi connectivity index (χ4v) is 2.30. The first kappa shape index (κ1) is 8.03. The lowest BCUT2D eigenvalue weighted by Crippen LogP contribution is -2.36. The van der Waals surface area contributed by atoms with Gasteiger partial charge in [-0.15, -0.1) is 0 Å². The van der Waals surface area contributed by atoms with E-state index in [-0.39, 0.29) is 6.17 Å². The summed E-state index contributed by atoms with van der Waals surface area (Å²) in [6.45, 7) is 0. The summed E-state index contributed by atoms with van der Waals surface area (Å²) in [7, 11) is 0. The van der Waals surface area contributed by atoms with Gasteiger partial charge in [0, 0.05) is 12.1 Å². The summed E-state index contributed by atoms with van der Waals surface area (Å²) in [6.07, 6.45) is 6.08. The van der Waals surface area contributed by atoms with E-state index < -0.39 is 0 Å². The number of nitriles is 1. The Balaban J connectivity index is 1.90. The van der Waals surface area contributed by atoms with Gasteiger partial charge in [0.15, 0.2) is 0 Å². The second-order valence-electron chi connectivity index (χ2n) is 3.75.